The van der Waals surface area contributed by atoms with E-state index in [0.717, 1.165) is 42.5 Å². The van der Waals surface area contributed by atoms with Crippen LogP contribution in [0.3, 0.4) is 0 Å². The van der Waals surface area contributed by atoms with E-state index in [0.29, 0.717) is 24.6 Å². The summed E-state index contributed by atoms with van der Waals surface area (Å²) in [4.78, 5) is 46.9. The number of amides is 3. The Labute approximate surface area is 287 Å². The lowest BCUT2D eigenvalue weighted by molar-refractivity contribution is -0.119. The van der Waals surface area contributed by atoms with E-state index in [9.17, 15) is 14.4 Å². The van der Waals surface area contributed by atoms with E-state index in [1.54, 1.807) is 43.1 Å². The third kappa shape index (κ3) is 12.8. The van der Waals surface area contributed by atoms with Gasteiger partial charge in [0.25, 0.3) is 11.8 Å². The first-order valence-electron chi connectivity index (χ1n) is 15.5. The summed E-state index contributed by atoms with van der Waals surface area (Å²) in [5.41, 5.74) is 8.66. The van der Waals surface area contributed by atoms with Crippen LogP contribution in [0.5, 0.6) is 5.75 Å². The van der Waals surface area contributed by atoms with Gasteiger partial charge >= 0.3 is 0 Å². The van der Waals surface area contributed by atoms with Gasteiger partial charge in [0, 0.05) is 66.0 Å². The summed E-state index contributed by atoms with van der Waals surface area (Å²) < 4.78 is 10.7. The van der Waals surface area contributed by atoms with Gasteiger partial charge in [0.15, 0.2) is 0 Å². The number of hydrogen-bond acceptors (Lipinski definition) is 9. The molecular formula is C35H47N7O5S. The van der Waals surface area contributed by atoms with Crippen LogP contribution in [0.25, 0.3) is 11.1 Å². The summed E-state index contributed by atoms with van der Waals surface area (Å²) in [6.45, 7) is 7.26. The van der Waals surface area contributed by atoms with Crippen LogP contribution < -0.4 is 21.1 Å². The summed E-state index contributed by atoms with van der Waals surface area (Å²) >= 11 is 1.68. The van der Waals surface area contributed by atoms with Crippen molar-refractivity contribution in [2.75, 3.05) is 46.8 Å². The highest BCUT2D eigenvalue weighted by atomic mass is 32.2. The van der Waals surface area contributed by atoms with Crippen molar-refractivity contribution in [2.24, 2.45) is 16.6 Å². The topological polar surface area (TPSA) is 172 Å². The number of aryl methyl sites for hydroxylation is 1. The Morgan fingerprint density at radius 3 is 2.48 bits per heavy atom. The van der Waals surface area contributed by atoms with Crippen LogP contribution >= 0.6 is 11.8 Å². The SMILES string of the molecule is C/C=C(/COC)SC(=CCC)CN(C)C=O.CNC(=O)C(=N)/C(=C\C(N)=NC(=O)C1CC1)Nc1cccc(-c2ccc(C)nc2)c1OC. The van der Waals surface area contributed by atoms with Crippen LogP contribution in [0.4, 0.5) is 5.69 Å². The first-order chi connectivity index (χ1) is 23.0. The average molecular weight is 678 g/mol. The number of methoxy groups -OCH3 is 2. The molecule has 1 saturated carbocycles. The quantitative estimate of drug-likeness (QED) is 0.108. The number of aromatic nitrogens is 1. The number of anilines is 1. The minimum atomic E-state index is -0.622. The fourth-order valence-electron chi connectivity index (χ4n) is 4.13. The third-order valence-electron chi connectivity index (χ3n) is 6.78. The highest BCUT2D eigenvalue weighted by Crippen LogP contribution is 2.37. The number of pyridine rings is 1. The normalized spacial score (nSPS) is 13.6. The van der Waals surface area contributed by atoms with Crippen molar-refractivity contribution in [2.45, 2.75) is 40.0 Å². The van der Waals surface area contributed by atoms with Crippen LogP contribution in [-0.4, -0.2) is 81.1 Å². The van der Waals surface area contributed by atoms with E-state index < -0.39 is 5.91 Å². The number of benzene rings is 1. The third-order valence-corrected chi connectivity index (χ3v) is 7.95. The molecule has 0 bridgehead atoms. The predicted octanol–water partition coefficient (Wildman–Crippen LogP) is 5.07. The Morgan fingerprint density at radius 1 is 1.21 bits per heavy atom. The molecule has 1 fully saturated rings. The predicted molar refractivity (Wildman–Crippen MR) is 194 cm³/mol. The molecule has 13 heteroatoms. The largest absolute Gasteiger partial charge is 0.494 e. The minimum Gasteiger partial charge on any atom is -0.494 e. The highest BCUT2D eigenvalue weighted by Gasteiger charge is 2.29. The van der Waals surface area contributed by atoms with Crippen molar-refractivity contribution in [3.8, 4) is 16.9 Å². The Balaban J connectivity index is 0.000000424. The second-order valence-corrected chi connectivity index (χ2v) is 12.0. The Morgan fingerprint density at radius 2 is 1.94 bits per heavy atom. The van der Waals surface area contributed by atoms with Crippen molar-refractivity contribution in [1.82, 2.24) is 15.2 Å². The molecule has 1 aliphatic rings. The maximum absolute atomic E-state index is 12.1. The molecule has 1 heterocycles. The van der Waals surface area contributed by atoms with E-state index in [-0.39, 0.29) is 29.1 Å². The second-order valence-electron chi connectivity index (χ2n) is 10.8. The number of nitrogens with one attached hydrogen (secondary N) is 3. The van der Waals surface area contributed by atoms with Gasteiger partial charge in [0.2, 0.25) is 6.41 Å². The molecule has 0 radical (unpaired) electrons. The van der Waals surface area contributed by atoms with Gasteiger partial charge in [-0.25, -0.2) is 0 Å². The molecule has 3 amide bonds. The van der Waals surface area contributed by atoms with Gasteiger partial charge in [-0.05, 0) is 45.2 Å². The van der Waals surface area contributed by atoms with Gasteiger partial charge < -0.3 is 30.7 Å². The maximum Gasteiger partial charge on any atom is 0.271 e. The second kappa shape index (κ2) is 20.5. The van der Waals surface area contributed by atoms with Gasteiger partial charge in [-0.3, -0.25) is 24.8 Å². The van der Waals surface area contributed by atoms with Gasteiger partial charge in [-0.1, -0.05) is 49.0 Å². The number of aliphatic imine (C=N–C) groups is 1. The first-order valence-corrected chi connectivity index (χ1v) is 16.3. The summed E-state index contributed by atoms with van der Waals surface area (Å²) in [5, 5.41) is 13.7. The number of carbonyl (C=O) groups excluding carboxylic acids is 3. The molecule has 1 aromatic heterocycles. The van der Waals surface area contributed by atoms with Crippen LogP contribution in [0.1, 0.15) is 38.8 Å². The van der Waals surface area contributed by atoms with Gasteiger partial charge in [-0.2, -0.15) is 4.99 Å². The lowest BCUT2D eigenvalue weighted by Crippen LogP contribution is -2.31. The number of nitrogens with two attached hydrogens (primary N) is 1. The zero-order valence-electron chi connectivity index (χ0n) is 28.8. The van der Waals surface area contributed by atoms with Crippen LogP contribution in [0, 0.1) is 18.3 Å². The number of ether oxygens (including phenoxy) is 2. The number of carbonyl (C=O) groups is 3. The Kier molecular flexibility index (Phi) is 16.8. The summed E-state index contributed by atoms with van der Waals surface area (Å²) in [6.07, 6.45) is 10.6. The van der Waals surface area contributed by atoms with Crippen LogP contribution in [0.15, 0.2) is 75.3 Å². The fraction of sp³-hybridized carbons (Fsp3) is 0.371. The molecule has 0 spiro atoms. The van der Waals surface area contributed by atoms with Crippen molar-refractivity contribution < 1.29 is 23.9 Å². The number of allylic oxidation sites excluding steroid dienone is 2. The standard InChI is InChI=1S/C23H26N6O3.C12H21NO2S/c1-13-7-8-15(12-27-13)16-5-4-6-17(21(16)32-3)28-18(20(25)23(31)26-2)11-19(24)29-22(30)14-9-10-14;1-5-7-12(8-13(3)10-14)16-11(6-2)9-15-4/h4-8,11-12,14,25,28H,9-10H2,1-3H3,(H,26,31)(H2,24,29,30);6-7,10H,5,8-9H2,1-4H3/b18-11+,25-20?;11-6-,12-7?. The molecule has 0 atom stereocenters. The van der Waals surface area contributed by atoms with E-state index >= 15 is 0 Å². The fourth-order valence-corrected chi connectivity index (χ4v) is 5.28. The molecule has 12 nitrogen and oxygen atoms in total. The van der Waals surface area contributed by atoms with Crippen molar-refractivity contribution >= 4 is 47.2 Å². The lowest BCUT2D eigenvalue weighted by Gasteiger charge is -2.17. The maximum atomic E-state index is 12.1. The van der Waals surface area contributed by atoms with Crippen LogP contribution in [-0.2, 0) is 19.1 Å². The number of nitrogens with zero attached hydrogens (tertiary/aromatic N) is 3. The van der Waals surface area contributed by atoms with Crippen molar-refractivity contribution in [3.63, 3.8) is 0 Å². The molecule has 0 unspecified atom stereocenters. The van der Waals surface area contributed by atoms with Gasteiger partial charge in [0.1, 0.15) is 17.3 Å². The zero-order chi connectivity index (χ0) is 35.6. The number of rotatable bonds is 16. The molecule has 5 N–H and O–H groups in total. The molecule has 1 aliphatic carbocycles. The van der Waals surface area contributed by atoms with E-state index in [1.807, 2.05) is 44.2 Å². The molecule has 0 saturated heterocycles. The molecule has 1 aromatic carbocycles. The highest BCUT2D eigenvalue weighted by molar-refractivity contribution is 8.06. The lowest BCUT2D eigenvalue weighted by atomic mass is 10.0. The smallest absolute Gasteiger partial charge is 0.271 e. The van der Waals surface area contributed by atoms with Gasteiger partial charge in [0.05, 0.1) is 31.6 Å². The molecule has 3 rings (SSSR count). The number of thioether (sulfide) groups is 1. The number of likely N-dealkylation sites (N-methyl/N-ethyl adjacent to an activating group) is 1. The van der Waals surface area contributed by atoms with Gasteiger partial charge in [-0.15, -0.1) is 0 Å². The first kappa shape index (κ1) is 39.4. The van der Waals surface area contributed by atoms with Crippen LogP contribution in [0.2, 0.25) is 0 Å². The summed E-state index contributed by atoms with van der Waals surface area (Å²) in [6, 6.07) is 9.28. The molecule has 258 valence electrons. The monoisotopic (exact) mass is 677 g/mol. The summed E-state index contributed by atoms with van der Waals surface area (Å²) in [5.74, 6) is -0.593. The number of para-hydroxylation sites is 1. The number of amidine groups is 1. The molecular weight excluding hydrogens is 630 g/mol. The molecule has 48 heavy (non-hydrogen) atoms. The number of hydrogen-bond donors (Lipinski definition) is 4. The molecule has 0 aliphatic heterocycles. The van der Waals surface area contributed by atoms with Crippen molar-refractivity contribution in [3.05, 3.63) is 76.0 Å². The van der Waals surface area contributed by atoms with E-state index in [1.165, 1.54) is 30.0 Å². The average Bonchev–Trinajstić information content (AvgIpc) is 3.94. The Hall–Kier alpha value is -4.75. The molecule has 2 aromatic rings. The van der Waals surface area contributed by atoms with E-state index in [2.05, 4.69) is 33.6 Å². The zero-order valence-corrected chi connectivity index (χ0v) is 29.6. The summed E-state index contributed by atoms with van der Waals surface area (Å²) in [7, 11) is 6.42. The minimum absolute atomic E-state index is 0.0756. The van der Waals surface area contributed by atoms with Crippen molar-refractivity contribution in [1.29, 1.82) is 5.41 Å². The van der Waals surface area contributed by atoms with E-state index in [4.69, 9.17) is 20.6 Å². The Bertz CT molecular complexity index is 1550.